The summed E-state index contributed by atoms with van der Waals surface area (Å²) in [5.41, 5.74) is 3.95. The van der Waals surface area contributed by atoms with Crippen LogP contribution in [0.25, 0.3) is 0 Å². The standard InChI is InChI=1S/C12H12BrF4N/c13-7-10(16)8(14)6(9(15)11(7)17)12(18)4-2-1-3-5-12/h1-5,18H2. The van der Waals surface area contributed by atoms with Gasteiger partial charge in [-0.15, -0.1) is 0 Å². The van der Waals surface area contributed by atoms with Crippen LogP contribution in [0.2, 0.25) is 0 Å². The number of hydrogen-bond acceptors (Lipinski definition) is 1. The normalized spacial score (nSPS) is 19.0. The lowest BCUT2D eigenvalue weighted by molar-refractivity contribution is 0.272. The maximum Gasteiger partial charge on any atom is 0.176 e. The topological polar surface area (TPSA) is 26.0 Å². The highest BCUT2D eigenvalue weighted by atomic mass is 79.9. The molecule has 1 fully saturated rings. The van der Waals surface area contributed by atoms with Crippen molar-refractivity contribution >= 4 is 15.9 Å². The molecule has 100 valence electrons. The quantitative estimate of drug-likeness (QED) is 0.469. The van der Waals surface area contributed by atoms with Gasteiger partial charge in [-0.05, 0) is 28.8 Å². The van der Waals surface area contributed by atoms with Crippen LogP contribution in [0.1, 0.15) is 37.7 Å². The molecule has 0 atom stereocenters. The molecule has 6 heteroatoms. The summed E-state index contributed by atoms with van der Waals surface area (Å²) in [6, 6.07) is 0. The molecule has 1 aliphatic carbocycles. The second kappa shape index (κ2) is 4.81. The molecule has 0 saturated heterocycles. The molecule has 0 radical (unpaired) electrons. The molecule has 1 saturated carbocycles. The summed E-state index contributed by atoms with van der Waals surface area (Å²) in [7, 11) is 0. The van der Waals surface area contributed by atoms with Crippen molar-refractivity contribution in [3.63, 3.8) is 0 Å². The molecule has 1 aromatic carbocycles. The molecule has 2 rings (SSSR count). The van der Waals surface area contributed by atoms with Crippen LogP contribution < -0.4 is 5.73 Å². The van der Waals surface area contributed by atoms with Gasteiger partial charge in [-0.2, -0.15) is 0 Å². The smallest absolute Gasteiger partial charge is 0.176 e. The van der Waals surface area contributed by atoms with Crippen LogP contribution in [-0.2, 0) is 5.54 Å². The van der Waals surface area contributed by atoms with Crippen LogP contribution in [0.4, 0.5) is 17.6 Å². The molecule has 0 aromatic heterocycles. The lowest BCUT2D eigenvalue weighted by atomic mass is 9.77. The van der Waals surface area contributed by atoms with E-state index in [0.29, 0.717) is 25.7 Å². The van der Waals surface area contributed by atoms with Crippen LogP contribution in [0.5, 0.6) is 0 Å². The van der Waals surface area contributed by atoms with Gasteiger partial charge in [-0.25, -0.2) is 17.6 Å². The van der Waals surface area contributed by atoms with Crippen LogP contribution >= 0.6 is 15.9 Å². The highest BCUT2D eigenvalue weighted by molar-refractivity contribution is 9.10. The zero-order chi connectivity index (χ0) is 13.5. The second-order valence-corrected chi connectivity index (χ2v) is 5.45. The average Bonchev–Trinajstić information content (AvgIpc) is 2.35. The Labute approximate surface area is 110 Å². The van der Waals surface area contributed by atoms with Crippen molar-refractivity contribution in [3.05, 3.63) is 33.3 Å². The molecule has 0 spiro atoms. The summed E-state index contributed by atoms with van der Waals surface area (Å²) in [6.07, 6.45) is 2.93. The highest BCUT2D eigenvalue weighted by Crippen LogP contribution is 2.40. The minimum Gasteiger partial charge on any atom is -0.321 e. The Hall–Kier alpha value is -0.620. The van der Waals surface area contributed by atoms with E-state index in [1.807, 2.05) is 0 Å². The third-order valence-corrected chi connectivity index (χ3v) is 4.15. The first-order valence-corrected chi connectivity index (χ1v) is 6.48. The van der Waals surface area contributed by atoms with Crippen molar-refractivity contribution in [2.24, 2.45) is 5.73 Å². The highest BCUT2D eigenvalue weighted by Gasteiger charge is 2.38. The van der Waals surface area contributed by atoms with Crippen LogP contribution in [0.3, 0.4) is 0 Å². The minimum absolute atomic E-state index is 0.321. The molecule has 0 aliphatic heterocycles. The summed E-state index contributed by atoms with van der Waals surface area (Å²) < 4.78 is 53.8. The molecule has 0 heterocycles. The van der Waals surface area contributed by atoms with Gasteiger partial charge >= 0.3 is 0 Å². The van der Waals surface area contributed by atoms with E-state index in [0.717, 1.165) is 6.42 Å². The summed E-state index contributed by atoms with van der Waals surface area (Å²) in [5, 5.41) is 0. The van der Waals surface area contributed by atoms with E-state index in [4.69, 9.17) is 5.73 Å². The van der Waals surface area contributed by atoms with Gasteiger partial charge in [-0.1, -0.05) is 19.3 Å². The van der Waals surface area contributed by atoms with E-state index in [1.54, 1.807) is 0 Å². The van der Waals surface area contributed by atoms with Crippen molar-refractivity contribution in [2.75, 3.05) is 0 Å². The molecular weight excluding hydrogens is 314 g/mol. The first kappa shape index (κ1) is 13.8. The Kier molecular flexibility index (Phi) is 3.69. The van der Waals surface area contributed by atoms with Crippen molar-refractivity contribution in [3.8, 4) is 0 Å². The summed E-state index contributed by atoms with van der Waals surface area (Å²) >= 11 is 2.49. The summed E-state index contributed by atoms with van der Waals surface area (Å²) in [5.74, 6) is -5.66. The Morgan fingerprint density at radius 3 is 1.72 bits per heavy atom. The maximum atomic E-state index is 13.8. The van der Waals surface area contributed by atoms with Crippen molar-refractivity contribution in [1.82, 2.24) is 0 Å². The fourth-order valence-corrected chi connectivity index (χ4v) is 2.82. The molecule has 1 nitrogen and oxygen atoms in total. The zero-order valence-electron chi connectivity index (χ0n) is 9.50. The number of nitrogens with two attached hydrogens (primary N) is 1. The van der Waals surface area contributed by atoms with Crippen molar-refractivity contribution < 1.29 is 17.6 Å². The minimum atomic E-state index is -1.43. The monoisotopic (exact) mass is 325 g/mol. The fraction of sp³-hybridized carbons (Fsp3) is 0.500. The second-order valence-electron chi connectivity index (χ2n) is 4.66. The first-order valence-electron chi connectivity index (χ1n) is 5.69. The van der Waals surface area contributed by atoms with Crippen LogP contribution in [-0.4, -0.2) is 0 Å². The lowest BCUT2D eigenvalue weighted by Crippen LogP contribution is -2.41. The van der Waals surface area contributed by atoms with E-state index in [1.165, 1.54) is 0 Å². The number of hydrogen-bond donors (Lipinski definition) is 1. The van der Waals surface area contributed by atoms with Crippen LogP contribution in [0.15, 0.2) is 4.47 Å². The lowest BCUT2D eigenvalue weighted by Gasteiger charge is -2.34. The number of rotatable bonds is 1. The van der Waals surface area contributed by atoms with Gasteiger partial charge in [0.1, 0.15) is 0 Å². The Morgan fingerprint density at radius 1 is 0.833 bits per heavy atom. The van der Waals surface area contributed by atoms with Gasteiger partial charge in [0.25, 0.3) is 0 Å². The molecule has 0 unspecified atom stereocenters. The Bertz CT molecular complexity index is 454. The summed E-state index contributed by atoms with van der Waals surface area (Å²) in [6.45, 7) is 0. The molecule has 2 N–H and O–H groups in total. The van der Waals surface area contributed by atoms with Crippen molar-refractivity contribution in [1.29, 1.82) is 0 Å². The van der Waals surface area contributed by atoms with E-state index in [2.05, 4.69) is 15.9 Å². The fourth-order valence-electron chi connectivity index (χ4n) is 2.47. The Balaban J connectivity index is 2.63. The molecular formula is C12H12BrF4N. The van der Waals surface area contributed by atoms with E-state index in [-0.39, 0.29) is 0 Å². The molecule has 0 bridgehead atoms. The average molecular weight is 326 g/mol. The molecule has 18 heavy (non-hydrogen) atoms. The first-order chi connectivity index (χ1) is 8.38. The molecule has 1 aliphatic rings. The Morgan fingerprint density at radius 2 is 1.28 bits per heavy atom. The van der Waals surface area contributed by atoms with Gasteiger partial charge < -0.3 is 5.73 Å². The van der Waals surface area contributed by atoms with Crippen molar-refractivity contribution in [2.45, 2.75) is 37.6 Å². The summed E-state index contributed by atoms with van der Waals surface area (Å²) in [4.78, 5) is 0. The largest absolute Gasteiger partial charge is 0.321 e. The van der Waals surface area contributed by atoms with Gasteiger partial charge in [0.05, 0.1) is 4.47 Å². The van der Waals surface area contributed by atoms with E-state index >= 15 is 0 Å². The van der Waals surface area contributed by atoms with Gasteiger partial charge in [0.15, 0.2) is 23.3 Å². The van der Waals surface area contributed by atoms with E-state index in [9.17, 15) is 17.6 Å². The number of benzene rings is 1. The van der Waals surface area contributed by atoms with Crippen LogP contribution in [0, 0.1) is 23.3 Å². The molecule has 1 aromatic rings. The predicted molar refractivity (Wildman–Crippen MR) is 62.9 cm³/mol. The van der Waals surface area contributed by atoms with E-state index < -0.39 is 38.8 Å². The third kappa shape index (κ3) is 2.05. The number of halogens is 5. The zero-order valence-corrected chi connectivity index (χ0v) is 11.1. The van der Waals surface area contributed by atoms with Gasteiger partial charge in [0.2, 0.25) is 0 Å². The van der Waals surface area contributed by atoms with Gasteiger partial charge in [0, 0.05) is 11.1 Å². The van der Waals surface area contributed by atoms with Gasteiger partial charge in [-0.3, -0.25) is 0 Å². The molecule has 0 amide bonds. The SMILES string of the molecule is NC1(c2c(F)c(F)c(Br)c(F)c2F)CCCCC1. The third-order valence-electron chi connectivity index (χ3n) is 3.45. The maximum absolute atomic E-state index is 13.8. The predicted octanol–water partition coefficient (Wildman–Crippen LogP) is 4.12.